The number of likely N-dealkylation sites (tertiary alicyclic amines) is 1. The maximum Gasteiger partial charge on any atom is 0.0955 e. The Balaban J connectivity index is 1.76. The first kappa shape index (κ1) is 13.6. The van der Waals surface area contributed by atoms with Crippen LogP contribution in [0.1, 0.15) is 25.8 Å². The summed E-state index contributed by atoms with van der Waals surface area (Å²) in [6.07, 6.45) is 2.95. The Hall–Kier alpha value is -1.39. The zero-order valence-electron chi connectivity index (χ0n) is 12.6. The predicted octanol–water partition coefficient (Wildman–Crippen LogP) is 2.13. The molecule has 0 spiro atoms. The molecule has 108 valence electrons. The van der Waals surface area contributed by atoms with E-state index in [2.05, 4.69) is 46.5 Å². The normalized spacial score (nSPS) is 23.3. The van der Waals surface area contributed by atoms with Crippen molar-refractivity contribution in [2.24, 2.45) is 18.2 Å². The largest absolute Gasteiger partial charge is 0.334 e. The molecule has 1 saturated heterocycles. The van der Waals surface area contributed by atoms with Crippen molar-refractivity contribution in [2.75, 3.05) is 13.1 Å². The lowest BCUT2D eigenvalue weighted by atomic mass is 9.79. The minimum absolute atomic E-state index is 0.202. The summed E-state index contributed by atoms with van der Waals surface area (Å²) < 4.78 is 2.06. The molecule has 1 atom stereocenters. The molecule has 4 heteroatoms. The molecule has 1 fully saturated rings. The molecule has 0 bridgehead atoms. The highest BCUT2D eigenvalue weighted by atomic mass is 15.1. The Kier molecular flexibility index (Phi) is 3.30. The molecule has 0 amide bonds. The summed E-state index contributed by atoms with van der Waals surface area (Å²) in [5.41, 5.74) is 10.0. The van der Waals surface area contributed by atoms with E-state index < -0.39 is 0 Å². The van der Waals surface area contributed by atoms with Gasteiger partial charge in [-0.2, -0.15) is 0 Å². The monoisotopic (exact) mass is 272 g/mol. The highest BCUT2D eigenvalue weighted by Gasteiger charge is 2.33. The van der Waals surface area contributed by atoms with Crippen LogP contribution in [-0.4, -0.2) is 33.6 Å². The van der Waals surface area contributed by atoms with Crippen LogP contribution in [0.2, 0.25) is 0 Å². The van der Waals surface area contributed by atoms with Gasteiger partial charge in [-0.25, -0.2) is 4.98 Å². The van der Waals surface area contributed by atoms with Gasteiger partial charge in [-0.15, -0.1) is 0 Å². The van der Waals surface area contributed by atoms with Crippen LogP contribution >= 0.6 is 0 Å². The van der Waals surface area contributed by atoms with Gasteiger partial charge in [0.1, 0.15) is 0 Å². The van der Waals surface area contributed by atoms with Crippen LogP contribution in [0.25, 0.3) is 11.0 Å². The first-order valence-corrected chi connectivity index (χ1v) is 7.33. The molecule has 0 saturated carbocycles. The van der Waals surface area contributed by atoms with E-state index in [4.69, 9.17) is 5.73 Å². The Morgan fingerprint density at radius 1 is 1.40 bits per heavy atom. The van der Waals surface area contributed by atoms with Gasteiger partial charge in [0.05, 0.1) is 17.4 Å². The average molecular weight is 272 g/mol. The molecule has 3 rings (SSSR count). The second-order valence-electron chi connectivity index (χ2n) is 6.77. The van der Waals surface area contributed by atoms with Crippen molar-refractivity contribution < 1.29 is 0 Å². The molecule has 20 heavy (non-hydrogen) atoms. The van der Waals surface area contributed by atoms with Crippen LogP contribution in [0.4, 0.5) is 0 Å². The second-order valence-corrected chi connectivity index (χ2v) is 6.77. The third-order valence-electron chi connectivity index (χ3n) is 4.59. The topological polar surface area (TPSA) is 47.1 Å². The van der Waals surface area contributed by atoms with Gasteiger partial charge in [-0.05, 0) is 29.5 Å². The maximum atomic E-state index is 6.21. The van der Waals surface area contributed by atoms with Gasteiger partial charge >= 0.3 is 0 Å². The molecule has 1 aliphatic rings. The summed E-state index contributed by atoms with van der Waals surface area (Å²) in [6.45, 7) is 7.68. The molecule has 1 aromatic heterocycles. The summed E-state index contributed by atoms with van der Waals surface area (Å²) in [4.78, 5) is 6.94. The van der Waals surface area contributed by atoms with Crippen LogP contribution in [0.5, 0.6) is 0 Å². The molecule has 1 unspecified atom stereocenters. The van der Waals surface area contributed by atoms with Crippen molar-refractivity contribution in [3.63, 3.8) is 0 Å². The van der Waals surface area contributed by atoms with Crippen LogP contribution in [0.3, 0.4) is 0 Å². The van der Waals surface area contributed by atoms with Gasteiger partial charge in [0.15, 0.2) is 0 Å². The summed E-state index contributed by atoms with van der Waals surface area (Å²) in [7, 11) is 2.03. The number of aromatic nitrogens is 2. The van der Waals surface area contributed by atoms with E-state index in [0.717, 1.165) is 31.6 Å². The molecular formula is C16H24N4. The Labute approximate surface area is 120 Å². The molecule has 4 nitrogen and oxygen atoms in total. The first-order valence-electron chi connectivity index (χ1n) is 7.33. The standard InChI is InChI=1S/C16H24N4/c1-16(2)10-20(7-6-15(16)17)9-12-4-5-14-13(8-12)18-11-19(14)3/h4-5,8,11,15H,6-7,9-10,17H2,1-3H3. The van der Waals surface area contributed by atoms with Crippen LogP contribution < -0.4 is 5.73 Å². The van der Waals surface area contributed by atoms with Gasteiger partial charge in [-0.1, -0.05) is 19.9 Å². The number of piperidine rings is 1. The number of nitrogens with two attached hydrogens (primary N) is 1. The van der Waals surface area contributed by atoms with Crippen LogP contribution in [0, 0.1) is 5.41 Å². The molecule has 2 N–H and O–H groups in total. The van der Waals surface area contributed by atoms with E-state index in [9.17, 15) is 0 Å². The highest BCUT2D eigenvalue weighted by Crippen LogP contribution is 2.28. The minimum atomic E-state index is 0.202. The summed E-state index contributed by atoms with van der Waals surface area (Å²) in [6, 6.07) is 6.90. The summed E-state index contributed by atoms with van der Waals surface area (Å²) in [5.74, 6) is 0. The number of hydrogen-bond acceptors (Lipinski definition) is 3. The predicted molar refractivity (Wildman–Crippen MR) is 82.4 cm³/mol. The lowest BCUT2D eigenvalue weighted by Gasteiger charge is -2.42. The number of aryl methyl sites for hydroxylation is 1. The van der Waals surface area contributed by atoms with Crippen LogP contribution in [0.15, 0.2) is 24.5 Å². The fourth-order valence-electron chi connectivity index (χ4n) is 3.16. The number of imidazole rings is 1. The van der Waals surface area contributed by atoms with Gasteiger partial charge in [-0.3, -0.25) is 4.90 Å². The molecular weight excluding hydrogens is 248 g/mol. The van der Waals surface area contributed by atoms with Crippen molar-refractivity contribution >= 4 is 11.0 Å². The van der Waals surface area contributed by atoms with E-state index in [1.807, 2.05) is 13.4 Å². The van der Waals surface area contributed by atoms with Crippen LogP contribution in [-0.2, 0) is 13.6 Å². The average Bonchev–Trinajstić information content (AvgIpc) is 2.75. The third kappa shape index (κ3) is 2.45. The SMILES string of the molecule is Cn1cnc2cc(CN3CCC(N)C(C)(C)C3)ccc21. The quantitative estimate of drug-likeness (QED) is 0.911. The lowest BCUT2D eigenvalue weighted by molar-refractivity contribution is 0.0899. The van der Waals surface area contributed by atoms with Crippen molar-refractivity contribution in [3.8, 4) is 0 Å². The van der Waals surface area contributed by atoms with Crippen molar-refractivity contribution in [2.45, 2.75) is 32.9 Å². The van der Waals surface area contributed by atoms with Crippen molar-refractivity contribution in [3.05, 3.63) is 30.1 Å². The molecule has 0 aliphatic carbocycles. The lowest BCUT2D eigenvalue weighted by Crippen LogP contribution is -2.52. The zero-order valence-corrected chi connectivity index (χ0v) is 12.6. The maximum absolute atomic E-state index is 6.21. The molecule has 2 aromatic rings. The van der Waals surface area contributed by atoms with Gasteiger partial charge in [0.2, 0.25) is 0 Å². The van der Waals surface area contributed by atoms with Crippen molar-refractivity contribution in [1.29, 1.82) is 0 Å². The minimum Gasteiger partial charge on any atom is -0.334 e. The molecule has 1 aromatic carbocycles. The number of hydrogen-bond donors (Lipinski definition) is 1. The fourth-order valence-corrected chi connectivity index (χ4v) is 3.16. The zero-order chi connectivity index (χ0) is 14.3. The van der Waals surface area contributed by atoms with E-state index in [0.29, 0.717) is 6.04 Å². The van der Waals surface area contributed by atoms with E-state index in [1.165, 1.54) is 11.1 Å². The number of rotatable bonds is 2. The molecule has 0 radical (unpaired) electrons. The fraction of sp³-hybridized carbons (Fsp3) is 0.562. The van der Waals surface area contributed by atoms with Gasteiger partial charge in [0.25, 0.3) is 0 Å². The first-order chi connectivity index (χ1) is 9.45. The van der Waals surface area contributed by atoms with E-state index in [-0.39, 0.29) is 5.41 Å². The molecule has 2 heterocycles. The van der Waals surface area contributed by atoms with Crippen molar-refractivity contribution in [1.82, 2.24) is 14.5 Å². The second kappa shape index (κ2) is 4.86. The van der Waals surface area contributed by atoms with Gasteiger partial charge < -0.3 is 10.3 Å². The summed E-state index contributed by atoms with van der Waals surface area (Å²) in [5, 5.41) is 0. The van der Waals surface area contributed by atoms with Gasteiger partial charge in [0, 0.05) is 32.7 Å². The third-order valence-corrected chi connectivity index (χ3v) is 4.59. The van der Waals surface area contributed by atoms with E-state index >= 15 is 0 Å². The Bertz CT molecular complexity index is 614. The number of fused-ring (bicyclic) bond motifs is 1. The Morgan fingerprint density at radius 3 is 2.95 bits per heavy atom. The molecule has 1 aliphatic heterocycles. The number of nitrogens with zero attached hydrogens (tertiary/aromatic N) is 3. The smallest absolute Gasteiger partial charge is 0.0955 e. The van der Waals surface area contributed by atoms with E-state index in [1.54, 1.807) is 0 Å². The number of benzene rings is 1. The Morgan fingerprint density at radius 2 is 2.20 bits per heavy atom. The highest BCUT2D eigenvalue weighted by molar-refractivity contribution is 5.75. The summed E-state index contributed by atoms with van der Waals surface area (Å²) >= 11 is 0.